The summed E-state index contributed by atoms with van der Waals surface area (Å²) in [5, 5.41) is 23.7. The van der Waals surface area contributed by atoms with Crippen molar-refractivity contribution in [3.63, 3.8) is 0 Å². The normalized spacial score (nSPS) is 13.5. The van der Waals surface area contributed by atoms with E-state index in [2.05, 4.69) is 62.5 Å². The zero-order valence-corrected chi connectivity index (χ0v) is 40.1. The van der Waals surface area contributed by atoms with E-state index in [0.717, 1.165) is 70.6 Å². The molecule has 0 aromatic rings. The van der Waals surface area contributed by atoms with Crippen LogP contribution in [0.15, 0.2) is 36.5 Å². The molecule has 0 bridgehead atoms. The van der Waals surface area contributed by atoms with Gasteiger partial charge in [-0.15, -0.1) is 0 Å². The predicted octanol–water partition coefficient (Wildman–Crippen LogP) is 15.7. The van der Waals surface area contributed by atoms with Crippen molar-refractivity contribution < 1.29 is 24.5 Å². The molecule has 6 heteroatoms. The number of allylic oxidation sites excluding steroid dienone is 6. The summed E-state index contributed by atoms with van der Waals surface area (Å²) in [4.78, 5) is 26.1. The highest BCUT2D eigenvalue weighted by atomic mass is 16.5. The van der Waals surface area contributed by atoms with Crippen LogP contribution in [-0.4, -0.2) is 46.9 Å². The minimum absolute atomic E-state index is 0.0687. The quantitative estimate of drug-likeness (QED) is 0.0322. The number of esters is 1. The number of aliphatic hydroxyl groups is 2. The first-order chi connectivity index (χ1) is 29.5. The van der Waals surface area contributed by atoms with E-state index in [1.165, 1.54) is 154 Å². The van der Waals surface area contributed by atoms with Gasteiger partial charge in [0.15, 0.2) is 0 Å². The van der Waals surface area contributed by atoms with Crippen molar-refractivity contribution in [3.05, 3.63) is 36.5 Å². The van der Waals surface area contributed by atoms with Crippen LogP contribution in [0.1, 0.15) is 271 Å². The van der Waals surface area contributed by atoms with Crippen LogP contribution in [0.2, 0.25) is 0 Å². The van der Waals surface area contributed by atoms with Crippen LogP contribution in [0.4, 0.5) is 0 Å². The molecule has 0 aromatic carbocycles. The number of aliphatic hydroxyl groups excluding tert-OH is 2. The molecule has 1 amide bonds. The summed E-state index contributed by atoms with van der Waals surface area (Å²) < 4.78 is 5.93. The van der Waals surface area contributed by atoms with Crippen molar-refractivity contribution in [1.29, 1.82) is 0 Å². The van der Waals surface area contributed by atoms with Crippen LogP contribution in [0.25, 0.3) is 0 Å². The maximum Gasteiger partial charge on any atom is 0.306 e. The second kappa shape index (κ2) is 48.1. The Morgan fingerprint density at radius 2 is 0.850 bits per heavy atom. The molecule has 3 atom stereocenters. The number of amides is 1. The number of nitrogens with one attached hydrogen (secondary N) is 1. The Hall–Kier alpha value is -1.92. The lowest BCUT2D eigenvalue weighted by molar-refractivity contribution is -0.151. The lowest BCUT2D eigenvalue weighted by atomic mass is 10.0. The highest BCUT2D eigenvalue weighted by Crippen LogP contribution is 2.18. The van der Waals surface area contributed by atoms with E-state index in [0.29, 0.717) is 19.3 Å². The Morgan fingerprint density at radius 3 is 1.33 bits per heavy atom. The molecule has 0 fully saturated rings. The summed E-state index contributed by atoms with van der Waals surface area (Å²) in [7, 11) is 0. The highest BCUT2D eigenvalue weighted by molar-refractivity contribution is 5.77. The molecule has 0 aliphatic rings. The molecule has 60 heavy (non-hydrogen) atoms. The first kappa shape index (κ1) is 58.1. The van der Waals surface area contributed by atoms with Crippen LogP contribution in [0, 0.1) is 0 Å². The molecule has 0 heterocycles. The van der Waals surface area contributed by atoms with Gasteiger partial charge in [-0.2, -0.15) is 0 Å². The number of carbonyl (C=O) groups excluding carboxylic acids is 2. The van der Waals surface area contributed by atoms with E-state index >= 15 is 0 Å². The van der Waals surface area contributed by atoms with Crippen LogP contribution < -0.4 is 5.32 Å². The van der Waals surface area contributed by atoms with E-state index in [1.807, 2.05) is 0 Å². The maximum absolute atomic E-state index is 13.2. The molecule has 0 rings (SSSR count). The molecule has 3 unspecified atom stereocenters. The van der Waals surface area contributed by atoms with Gasteiger partial charge < -0.3 is 20.3 Å². The zero-order valence-electron chi connectivity index (χ0n) is 40.1. The van der Waals surface area contributed by atoms with Crippen molar-refractivity contribution in [2.75, 3.05) is 6.61 Å². The molecule has 0 aliphatic heterocycles. The number of rotatable bonds is 47. The summed E-state index contributed by atoms with van der Waals surface area (Å²) in [5.74, 6) is -0.484. The van der Waals surface area contributed by atoms with Gasteiger partial charge in [0.2, 0.25) is 5.91 Å². The summed E-state index contributed by atoms with van der Waals surface area (Å²) in [5.41, 5.74) is 0. The van der Waals surface area contributed by atoms with Crippen molar-refractivity contribution in [2.24, 2.45) is 0 Å². The van der Waals surface area contributed by atoms with Gasteiger partial charge in [0.1, 0.15) is 6.10 Å². The maximum atomic E-state index is 13.2. The summed E-state index contributed by atoms with van der Waals surface area (Å²) in [6.45, 7) is 6.45. The molecule has 0 radical (unpaired) electrons. The SMILES string of the molecule is CCCCC/C=C\C/C=C\CCCCCCCC(CC(=O)NC(CO)C(O)CCCCCCCCCCCCC)OC(=O)CCCCCCCCC/C=C\CCCCCC. The monoisotopic (exact) mass is 844 g/mol. The van der Waals surface area contributed by atoms with Crippen molar-refractivity contribution in [1.82, 2.24) is 5.32 Å². The van der Waals surface area contributed by atoms with E-state index < -0.39 is 18.2 Å². The van der Waals surface area contributed by atoms with Gasteiger partial charge in [0.25, 0.3) is 0 Å². The van der Waals surface area contributed by atoms with Crippen LogP contribution >= 0.6 is 0 Å². The average Bonchev–Trinajstić information content (AvgIpc) is 3.24. The first-order valence-electron chi connectivity index (χ1n) is 26.2. The molecule has 352 valence electrons. The number of carbonyl (C=O) groups is 2. The summed E-state index contributed by atoms with van der Waals surface area (Å²) in [6.07, 6.45) is 56.3. The fraction of sp³-hybridized carbons (Fsp3) is 0.852. The minimum atomic E-state index is -0.790. The number of ether oxygens (including phenoxy) is 1. The van der Waals surface area contributed by atoms with Crippen molar-refractivity contribution in [2.45, 2.75) is 289 Å². The Morgan fingerprint density at radius 1 is 0.483 bits per heavy atom. The van der Waals surface area contributed by atoms with Crippen LogP contribution in [0.5, 0.6) is 0 Å². The fourth-order valence-corrected chi connectivity index (χ4v) is 7.93. The van der Waals surface area contributed by atoms with Crippen LogP contribution in [0.3, 0.4) is 0 Å². The third-order valence-electron chi connectivity index (χ3n) is 11.9. The van der Waals surface area contributed by atoms with Gasteiger partial charge in [-0.25, -0.2) is 0 Å². The number of hydrogen-bond donors (Lipinski definition) is 3. The number of unbranched alkanes of at least 4 members (excludes halogenated alkanes) is 29. The van der Waals surface area contributed by atoms with Gasteiger partial charge in [0, 0.05) is 6.42 Å². The molecule has 3 N–H and O–H groups in total. The minimum Gasteiger partial charge on any atom is -0.462 e. The Bertz CT molecular complexity index is 993. The molecule has 0 aromatic heterocycles. The standard InChI is InChI=1S/C54H101NO5/c1-4-7-10-13-16-19-22-24-26-28-31-33-36-39-42-45-50(60-54(59)47-44-41-38-35-32-29-27-25-23-20-17-14-11-8-5-2)48-53(58)55-51(49-56)52(57)46-43-40-37-34-30-21-18-15-12-9-6-3/h16,19-20,23-24,26,50-52,56-57H,4-15,17-18,21-22,25,27-49H2,1-3H3,(H,55,58)/b19-16-,23-20-,26-24-. The topological polar surface area (TPSA) is 95.9 Å². The molecule has 0 aliphatic carbocycles. The average molecular weight is 844 g/mol. The Labute approximate surface area is 373 Å². The summed E-state index contributed by atoms with van der Waals surface area (Å²) >= 11 is 0. The van der Waals surface area contributed by atoms with Crippen LogP contribution in [-0.2, 0) is 14.3 Å². The van der Waals surface area contributed by atoms with Crippen molar-refractivity contribution in [3.8, 4) is 0 Å². The third-order valence-corrected chi connectivity index (χ3v) is 11.9. The fourth-order valence-electron chi connectivity index (χ4n) is 7.93. The third kappa shape index (κ3) is 42.8. The van der Waals surface area contributed by atoms with Gasteiger partial charge in [0.05, 0.1) is 25.2 Å². The lowest BCUT2D eigenvalue weighted by Crippen LogP contribution is -2.46. The van der Waals surface area contributed by atoms with Gasteiger partial charge in [-0.05, 0) is 83.5 Å². The Balaban J connectivity index is 4.60. The second-order valence-electron chi connectivity index (χ2n) is 17.9. The predicted molar refractivity (Wildman–Crippen MR) is 259 cm³/mol. The highest BCUT2D eigenvalue weighted by Gasteiger charge is 2.24. The molecule has 0 saturated heterocycles. The van der Waals surface area contributed by atoms with E-state index in [-0.39, 0.29) is 24.9 Å². The van der Waals surface area contributed by atoms with E-state index in [9.17, 15) is 19.8 Å². The lowest BCUT2D eigenvalue weighted by Gasteiger charge is -2.24. The molecular formula is C54H101NO5. The van der Waals surface area contributed by atoms with E-state index in [4.69, 9.17) is 4.74 Å². The van der Waals surface area contributed by atoms with Crippen molar-refractivity contribution >= 4 is 11.9 Å². The zero-order chi connectivity index (χ0) is 43.8. The largest absolute Gasteiger partial charge is 0.462 e. The first-order valence-corrected chi connectivity index (χ1v) is 26.2. The second-order valence-corrected chi connectivity index (χ2v) is 17.9. The van der Waals surface area contributed by atoms with Gasteiger partial charge >= 0.3 is 5.97 Å². The molecule has 0 spiro atoms. The number of hydrogen-bond acceptors (Lipinski definition) is 5. The van der Waals surface area contributed by atoms with Gasteiger partial charge in [-0.3, -0.25) is 9.59 Å². The Kier molecular flexibility index (Phi) is 46.6. The molecule has 6 nitrogen and oxygen atoms in total. The smallest absolute Gasteiger partial charge is 0.306 e. The van der Waals surface area contributed by atoms with E-state index in [1.54, 1.807) is 0 Å². The summed E-state index contributed by atoms with van der Waals surface area (Å²) in [6, 6.07) is -0.704. The molecule has 0 saturated carbocycles. The molecular weight excluding hydrogens is 743 g/mol. The van der Waals surface area contributed by atoms with Gasteiger partial charge in [-0.1, -0.05) is 211 Å².